The monoisotopic (exact) mass is 242 g/mol. The largest absolute Gasteiger partial charge is 0.377 e. The Kier molecular flexibility index (Phi) is 5.71. The van der Waals surface area contributed by atoms with Crippen molar-refractivity contribution in [3.63, 3.8) is 0 Å². The molecule has 4 heteroatoms. The van der Waals surface area contributed by atoms with Gasteiger partial charge in [-0.2, -0.15) is 0 Å². The van der Waals surface area contributed by atoms with Crippen LogP contribution in [0.2, 0.25) is 0 Å². The third kappa shape index (κ3) is 4.54. The van der Waals surface area contributed by atoms with Crippen molar-refractivity contribution < 1.29 is 9.47 Å². The van der Waals surface area contributed by atoms with Crippen molar-refractivity contribution >= 4 is 0 Å². The first-order valence-corrected chi connectivity index (χ1v) is 7.04. The normalized spacial score (nSPS) is 30.9. The predicted octanol–water partition coefficient (Wildman–Crippen LogP) is 0.995. The van der Waals surface area contributed by atoms with Crippen molar-refractivity contribution in [1.29, 1.82) is 0 Å². The van der Waals surface area contributed by atoms with Crippen LogP contribution in [0.4, 0.5) is 0 Å². The molecule has 2 unspecified atom stereocenters. The fourth-order valence-electron chi connectivity index (χ4n) is 2.67. The Morgan fingerprint density at radius 3 is 2.59 bits per heavy atom. The highest BCUT2D eigenvalue weighted by molar-refractivity contribution is 4.73. The van der Waals surface area contributed by atoms with Gasteiger partial charge in [0, 0.05) is 13.1 Å². The number of piperidine rings is 1. The summed E-state index contributed by atoms with van der Waals surface area (Å²) in [5, 5.41) is 0. The third-order valence-corrected chi connectivity index (χ3v) is 3.76. The van der Waals surface area contributed by atoms with Crippen LogP contribution in [0.25, 0.3) is 0 Å². The van der Waals surface area contributed by atoms with Crippen molar-refractivity contribution in [3.8, 4) is 0 Å². The smallest absolute Gasteiger partial charge is 0.0813 e. The summed E-state index contributed by atoms with van der Waals surface area (Å²) in [5.74, 6) is 0. The number of likely N-dealkylation sites (tertiary alicyclic amines) is 1. The van der Waals surface area contributed by atoms with Crippen molar-refractivity contribution in [2.45, 2.75) is 44.3 Å². The lowest BCUT2D eigenvalue weighted by Crippen LogP contribution is -2.33. The van der Waals surface area contributed by atoms with Crippen LogP contribution in [0.1, 0.15) is 32.1 Å². The van der Waals surface area contributed by atoms with Gasteiger partial charge in [0.05, 0.1) is 25.4 Å². The van der Waals surface area contributed by atoms with E-state index >= 15 is 0 Å². The Morgan fingerprint density at radius 2 is 1.88 bits per heavy atom. The predicted molar refractivity (Wildman–Crippen MR) is 68.1 cm³/mol. The average Bonchev–Trinajstić information content (AvgIpc) is 2.84. The summed E-state index contributed by atoms with van der Waals surface area (Å²) in [4.78, 5) is 2.50. The van der Waals surface area contributed by atoms with E-state index in [4.69, 9.17) is 15.2 Å². The van der Waals surface area contributed by atoms with E-state index in [0.717, 1.165) is 32.6 Å². The molecule has 17 heavy (non-hydrogen) atoms. The standard InChI is InChI=1S/C13H26N2O2/c14-10-12-4-5-13(17-12)11-16-9-8-15-6-2-1-3-7-15/h12-13H,1-11,14H2. The van der Waals surface area contributed by atoms with Gasteiger partial charge in [0.15, 0.2) is 0 Å². The minimum absolute atomic E-state index is 0.269. The van der Waals surface area contributed by atoms with Crippen LogP contribution in [0.15, 0.2) is 0 Å². The molecule has 0 bridgehead atoms. The quantitative estimate of drug-likeness (QED) is 0.706. The van der Waals surface area contributed by atoms with Crippen molar-refractivity contribution in [2.24, 2.45) is 5.73 Å². The number of hydrogen-bond acceptors (Lipinski definition) is 4. The van der Waals surface area contributed by atoms with Gasteiger partial charge < -0.3 is 20.1 Å². The molecule has 2 aliphatic heterocycles. The molecule has 2 aliphatic rings. The highest BCUT2D eigenvalue weighted by Gasteiger charge is 2.23. The Hall–Kier alpha value is -0.160. The summed E-state index contributed by atoms with van der Waals surface area (Å²) in [6, 6.07) is 0. The molecule has 0 aromatic rings. The topological polar surface area (TPSA) is 47.7 Å². The second-order valence-electron chi connectivity index (χ2n) is 5.17. The van der Waals surface area contributed by atoms with E-state index in [-0.39, 0.29) is 12.2 Å². The molecule has 0 amide bonds. The molecular formula is C13H26N2O2. The lowest BCUT2D eigenvalue weighted by atomic mass is 10.1. The van der Waals surface area contributed by atoms with E-state index in [0.29, 0.717) is 6.54 Å². The fraction of sp³-hybridized carbons (Fsp3) is 1.00. The van der Waals surface area contributed by atoms with Crippen LogP contribution in [0.3, 0.4) is 0 Å². The molecule has 0 aromatic carbocycles. The summed E-state index contributed by atoms with van der Waals surface area (Å²) in [6.07, 6.45) is 6.85. The number of nitrogens with two attached hydrogens (primary N) is 1. The van der Waals surface area contributed by atoms with Gasteiger partial charge in [-0.05, 0) is 38.8 Å². The number of rotatable bonds is 6. The highest BCUT2D eigenvalue weighted by Crippen LogP contribution is 2.18. The third-order valence-electron chi connectivity index (χ3n) is 3.76. The molecular weight excluding hydrogens is 216 g/mol. The van der Waals surface area contributed by atoms with Crippen molar-refractivity contribution in [1.82, 2.24) is 4.90 Å². The molecule has 2 N–H and O–H groups in total. The van der Waals surface area contributed by atoms with Crippen LogP contribution >= 0.6 is 0 Å². The van der Waals surface area contributed by atoms with E-state index < -0.39 is 0 Å². The van der Waals surface area contributed by atoms with E-state index in [1.165, 1.54) is 32.4 Å². The van der Waals surface area contributed by atoms with Gasteiger partial charge in [0.1, 0.15) is 0 Å². The number of hydrogen-bond donors (Lipinski definition) is 1. The van der Waals surface area contributed by atoms with E-state index in [1.807, 2.05) is 0 Å². The van der Waals surface area contributed by atoms with Crippen LogP contribution in [0, 0.1) is 0 Å². The fourth-order valence-corrected chi connectivity index (χ4v) is 2.67. The average molecular weight is 242 g/mol. The molecule has 0 saturated carbocycles. The summed E-state index contributed by atoms with van der Waals surface area (Å²) in [7, 11) is 0. The van der Waals surface area contributed by atoms with Crippen LogP contribution < -0.4 is 5.73 Å². The number of ether oxygens (including phenoxy) is 2. The van der Waals surface area contributed by atoms with Gasteiger partial charge in [-0.15, -0.1) is 0 Å². The molecule has 0 aromatic heterocycles. The zero-order valence-corrected chi connectivity index (χ0v) is 10.8. The maximum Gasteiger partial charge on any atom is 0.0813 e. The van der Waals surface area contributed by atoms with Gasteiger partial charge in [-0.3, -0.25) is 0 Å². The summed E-state index contributed by atoms with van der Waals surface area (Å²) in [5.41, 5.74) is 5.58. The first-order valence-electron chi connectivity index (χ1n) is 7.04. The Morgan fingerprint density at radius 1 is 1.12 bits per heavy atom. The Bertz CT molecular complexity index is 208. The Labute approximate surface area is 104 Å². The first-order chi connectivity index (χ1) is 8.38. The number of nitrogens with zero attached hydrogens (tertiary/aromatic N) is 1. The van der Waals surface area contributed by atoms with Gasteiger partial charge in [-0.1, -0.05) is 6.42 Å². The first kappa shape index (κ1) is 13.3. The zero-order valence-electron chi connectivity index (χ0n) is 10.8. The van der Waals surface area contributed by atoms with E-state index in [9.17, 15) is 0 Å². The van der Waals surface area contributed by atoms with Crippen LogP contribution in [-0.4, -0.2) is 56.5 Å². The van der Waals surface area contributed by atoms with Gasteiger partial charge in [0.25, 0.3) is 0 Å². The molecule has 0 spiro atoms. The molecule has 0 radical (unpaired) electrons. The summed E-state index contributed by atoms with van der Waals surface area (Å²) < 4.78 is 11.4. The molecule has 2 rings (SSSR count). The molecule has 2 atom stereocenters. The van der Waals surface area contributed by atoms with E-state index in [2.05, 4.69) is 4.90 Å². The summed E-state index contributed by atoms with van der Waals surface area (Å²) >= 11 is 0. The van der Waals surface area contributed by atoms with Gasteiger partial charge in [-0.25, -0.2) is 0 Å². The second-order valence-corrected chi connectivity index (χ2v) is 5.17. The zero-order chi connectivity index (χ0) is 11.9. The van der Waals surface area contributed by atoms with Gasteiger partial charge in [0.2, 0.25) is 0 Å². The lowest BCUT2D eigenvalue weighted by molar-refractivity contribution is -0.0166. The van der Waals surface area contributed by atoms with Crippen LogP contribution in [0.5, 0.6) is 0 Å². The summed E-state index contributed by atoms with van der Waals surface area (Å²) in [6.45, 7) is 5.80. The molecule has 4 nitrogen and oxygen atoms in total. The minimum Gasteiger partial charge on any atom is -0.377 e. The molecule has 2 saturated heterocycles. The Balaban J connectivity index is 1.48. The lowest BCUT2D eigenvalue weighted by Gasteiger charge is -2.26. The SMILES string of the molecule is NCC1CCC(COCCN2CCCCC2)O1. The van der Waals surface area contributed by atoms with E-state index in [1.54, 1.807) is 0 Å². The van der Waals surface area contributed by atoms with Crippen molar-refractivity contribution in [3.05, 3.63) is 0 Å². The van der Waals surface area contributed by atoms with Gasteiger partial charge >= 0.3 is 0 Å². The molecule has 0 aliphatic carbocycles. The highest BCUT2D eigenvalue weighted by atomic mass is 16.5. The molecule has 2 heterocycles. The molecule has 100 valence electrons. The molecule has 2 fully saturated rings. The van der Waals surface area contributed by atoms with Crippen molar-refractivity contribution in [2.75, 3.05) is 39.4 Å². The minimum atomic E-state index is 0.269. The maximum absolute atomic E-state index is 5.74. The second kappa shape index (κ2) is 7.31. The van der Waals surface area contributed by atoms with Crippen LogP contribution in [-0.2, 0) is 9.47 Å². The maximum atomic E-state index is 5.74.